The van der Waals surface area contributed by atoms with Gasteiger partial charge < -0.3 is 4.57 Å². The van der Waals surface area contributed by atoms with Gasteiger partial charge in [-0.3, -0.25) is 4.79 Å². The van der Waals surface area contributed by atoms with Crippen molar-refractivity contribution < 1.29 is 4.79 Å². The topological polar surface area (TPSA) is 22.0 Å². The molecular formula is C12H12BrNOS. The van der Waals surface area contributed by atoms with E-state index in [-0.39, 0.29) is 5.78 Å². The SMILES string of the molecule is CCC(=O)c1ccn(Cc2ccc(Br)s2)c1. The molecule has 0 aliphatic carbocycles. The van der Waals surface area contributed by atoms with Crippen LogP contribution >= 0.6 is 27.3 Å². The van der Waals surface area contributed by atoms with E-state index in [1.807, 2.05) is 36.0 Å². The maximum Gasteiger partial charge on any atom is 0.164 e. The van der Waals surface area contributed by atoms with Gasteiger partial charge in [0.2, 0.25) is 0 Å². The predicted molar refractivity (Wildman–Crippen MR) is 70.2 cm³/mol. The van der Waals surface area contributed by atoms with Crippen molar-refractivity contribution in [3.05, 3.63) is 44.8 Å². The molecule has 0 saturated carbocycles. The van der Waals surface area contributed by atoms with Crippen LogP contribution < -0.4 is 0 Å². The Morgan fingerprint density at radius 3 is 2.88 bits per heavy atom. The van der Waals surface area contributed by atoms with Crippen molar-refractivity contribution in [1.82, 2.24) is 4.57 Å². The first-order chi connectivity index (χ1) is 7.69. The number of hydrogen-bond acceptors (Lipinski definition) is 2. The van der Waals surface area contributed by atoms with Crippen LogP contribution in [0.3, 0.4) is 0 Å². The molecule has 0 saturated heterocycles. The summed E-state index contributed by atoms with van der Waals surface area (Å²) in [4.78, 5) is 12.7. The summed E-state index contributed by atoms with van der Waals surface area (Å²) in [6.07, 6.45) is 4.44. The smallest absolute Gasteiger partial charge is 0.164 e. The fraction of sp³-hybridized carbons (Fsp3) is 0.250. The lowest BCUT2D eigenvalue weighted by Gasteiger charge is -1.98. The van der Waals surface area contributed by atoms with Crippen molar-refractivity contribution >= 4 is 33.0 Å². The zero-order valence-electron chi connectivity index (χ0n) is 8.94. The van der Waals surface area contributed by atoms with E-state index in [0.717, 1.165) is 15.9 Å². The normalized spacial score (nSPS) is 10.6. The lowest BCUT2D eigenvalue weighted by Crippen LogP contribution is -1.96. The third-order valence-corrected chi connectivity index (χ3v) is 3.97. The molecule has 0 bridgehead atoms. The molecule has 0 N–H and O–H groups in total. The fourth-order valence-electron chi connectivity index (χ4n) is 1.52. The van der Waals surface area contributed by atoms with Crippen molar-refractivity contribution in [1.29, 1.82) is 0 Å². The second-order valence-electron chi connectivity index (χ2n) is 3.56. The van der Waals surface area contributed by atoms with E-state index in [1.54, 1.807) is 11.3 Å². The first-order valence-electron chi connectivity index (χ1n) is 5.12. The molecule has 2 heterocycles. The quantitative estimate of drug-likeness (QED) is 0.783. The summed E-state index contributed by atoms with van der Waals surface area (Å²) >= 11 is 5.16. The number of rotatable bonds is 4. The summed E-state index contributed by atoms with van der Waals surface area (Å²) in [5.74, 6) is 0.200. The van der Waals surface area contributed by atoms with Crippen LogP contribution in [-0.4, -0.2) is 10.4 Å². The summed E-state index contributed by atoms with van der Waals surface area (Å²) in [6.45, 7) is 2.71. The van der Waals surface area contributed by atoms with Crippen LogP contribution in [0.2, 0.25) is 0 Å². The molecule has 0 unspecified atom stereocenters. The zero-order valence-corrected chi connectivity index (χ0v) is 11.3. The zero-order chi connectivity index (χ0) is 11.5. The molecule has 0 spiro atoms. The van der Waals surface area contributed by atoms with Gasteiger partial charge in [-0.2, -0.15) is 0 Å². The molecule has 0 atom stereocenters. The highest BCUT2D eigenvalue weighted by Gasteiger charge is 2.05. The maximum atomic E-state index is 11.5. The molecule has 0 fully saturated rings. The Kier molecular flexibility index (Phi) is 3.61. The van der Waals surface area contributed by atoms with Crippen molar-refractivity contribution in [2.75, 3.05) is 0 Å². The minimum absolute atomic E-state index is 0.200. The highest BCUT2D eigenvalue weighted by molar-refractivity contribution is 9.11. The van der Waals surface area contributed by atoms with Crippen molar-refractivity contribution in [2.24, 2.45) is 0 Å². The van der Waals surface area contributed by atoms with Crippen LogP contribution in [0, 0.1) is 0 Å². The Morgan fingerprint density at radius 2 is 2.25 bits per heavy atom. The van der Waals surface area contributed by atoms with E-state index in [4.69, 9.17) is 0 Å². The summed E-state index contributed by atoms with van der Waals surface area (Å²) in [6, 6.07) is 6.02. The summed E-state index contributed by atoms with van der Waals surface area (Å²) in [5.41, 5.74) is 0.804. The van der Waals surface area contributed by atoms with Gasteiger partial charge in [0.25, 0.3) is 0 Å². The Labute approximate surface area is 107 Å². The monoisotopic (exact) mass is 297 g/mol. The Hall–Kier alpha value is -0.870. The van der Waals surface area contributed by atoms with E-state index < -0.39 is 0 Å². The Bertz CT molecular complexity index is 501. The van der Waals surface area contributed by atoms with Gasteiger partial charge in [-0.15, -0.1) is 11.3 Å². The van der Waals surface area contributed by atoms with Gasteiger partial charge in [0.15, 0.2) is 5.78 Å². The number of halogens is 1. The third kappa shape index (κ3) is 2.62. The molecule has 2 rings (SSSR count). The summed E-state index contributed by atoms with van der Waals surface area (Å²) in [5, 5.41) is 0. The molecule has 0 amide bonds. The number of ketones is 1. The van der Waals surface area contributed by atoms with Crippen molar-refractivity contribution in [3.8, 4) is 0 Å². The maximum absolute atomic E-state index is 11.5. The molecule has 84 valence electrons. The van der Waals surface area contributed by atoms with Gasteiger partial charge in [0, 0.05) is 29.3 Å². The molecule has 0 aliphatic rings. The first-order valence-corrected chi connectivity index (χ1v) is 6.73. The largest absolute Gasteiger partial charge is 0.348 e. The molecule has 4 heteroatoms. The second-order valence-corrected chi connectivity index (χ2v) is 6.10. The van der Waals surface area contributed by atoms with Gasteiger partial charge in [-0.1, -0.05) is 6.92 Å². The molecule has 2 nitrogen and oxygen atoms in total. The lowest BCUT2D eigenvalue weighted by atomic mass is 10.2. The van der Waals surface area contributed by atoms with Crippen LogP contribution in [0.1, 0.15) is 28.6 Å². The van der Waals surface area contributed by atoms with Gasteiger partial charge in [0.1, 0.15) is 0 Å². The minimum atomic E-state index is 0.200. The summed E-state index contributed by atoms with van der Waals surface area (Å²) in [7, 11) is 0. The molecular weight excluding hydrogens is 286 g/mol. The standard InChI is InChI=1S/C12H12BrNOS/c1-2-11(15)9-5-6-14(7-9)8-10-3-4-12(13)16-10/h3-7H,2,8H2,1H3. The highest BCUT2D eigenvalue weighted by atomic mass is 79.9. The van der Waals surface area contributed by atoms with Crippen LogP contribution in [0.4, 0.5) is 0 Å². The van der Waals surface area contributed by atoms with Crippen LogP contribution in [-0.2, 0) is 6.54 Å². The van der Waals surface area contributed by atoms with E-state index in [0.29, 0.717) is 6.42 Å². The van der Waals surface area contributed by atoms with Gasteiger partial charge in [-0.05, 0) is 34.1 Å². The van der Waals surface area contributed by atoms with E-state index in [1.165, 1.54) is 4.88 Å². The molecule has 16 heavy (non-hydrogen) atoms. The lowest BCUT2D eigenvalue weighted by molar-refractivity contribution is 0.0988. The second kappa shape index (κ2) is 4.97. The Balaban J connectivity index is 2.11. The van der Waals surface area contributed by atoms with Crippen molar-refractivity contribution in [2.45, 2.75) is 19.9 Å². The number of nitrogens with zero attached hydrogens (tertiary/aromatic N) is 1. The van der Waals surface area contributed by atoms with Gasteiger partial charge >= 0.3 is 0 Å². The minimum Gasteiger partial charge on any atom is -0.348 e. The first kappa shape index (κ1) is 11.6. The van der Waals surface area contributed by atoms with Crippen LogP contribution in [0.15, 0.2) is 34.4 Å². The summed E-state index contributed by atoms with van der Waals surface area (Å²) < 4.78 is 3.18. The third-order valence-electron chi connectivity index (χ3n) is 2.36. The number of carbonyl (C=O) groups is 1. The average molecular weight is 298 g/mol. The number of Topliss-reactive ketones (excluding diaryl/α,β-unsaturated/α-hetero) is 1. The number of hydrogen-bond donors (Lipinski definition) is 0. The molecule has 2 aromatic rings. The molecule has 0 aliphatic heterocycles. The molecule has 0 aromatic carbocycles. The van der Waals surface area contributed by atoms with Crippen LogP contribution in [0.5, 0.6) is 0 Å². The average Bonchev–Trinajstić information content (AvgIpc) is 2.87. The van der Waals surface area contributed by atoms with Crippen LogP contribution in [0.25, 0.3) is 0 Å². The van der Waals surface area contributed by atoms with E-state index >= 15 is 0 Å². The Morgan fingerprint density at radius 1 is 1.44 bits per heavy atom. The highest BCUT2D eigenvalue weighted by Crippen LogP contribution is 2.23. The van der Waals surface area contributed by atoms with Gasteiger partial charge in [0.05, 0.1) is 10.3 Å². The van der Waals surface area contributed by atoms with E-state index in [9.17, 15) is 4.79 Å². The number of thiophene rings is 1. The molecule has 0 radical (unpaired) electrons. The number of aromatic nitrogens is 1. The molecule has 2 aromatic heterocycles. The fourth-order valence-corrected chi connectivity index (χ4v) is 3.02. The predicted octanol–water partition coefficient (Wildman–Crippen LogP) is 3.95. The number of carbonyl (C=O) groups excluding carboxylic acids is 1. The van der Waals surface area contributed by atoms with Crippen molar-refractivity contribution in [3.63, 3.8) is 0 Å². The van der Waals surface area contributed by atoms with Gasteiger partial charge in [-0.25, -0.2) is 0 Å². The van der Waals surface area contributed by atoms with E-state index in [2.05, 4.69) is 22.0 Å².